The molecule has 3 heteroatoms. The van der Waals surface area contributed by atoms with Crippen molar-refractivity contribution in [2.75, 3.05) is 0 Å². The minimum absolute atomic E-state index is 0. The molecule has 0 N–H and O–H groups in total. The molecule has 6 fully saturated rings. The molecule has 0 heterocycles. The van der Waals surface area contributed by atoms with E-state index in [1.807, 2.05) is 0 Å². The Labute approximate surface area is 258 Å². The molecule has 0 amide bonds. The number of hydrogen-bond acceptors (Lipinski definition) is 0. The van der Waals surface area contributed by atoms with E-state index in [-0.39, 0.29) is 32.9 Å². The van der Waals surface area contributed by atoms with Gasteiger partial charge >= 0.3 is 0 Å². The summed E-state index contributed by atoms with van der Waals surface area (Å²) in [6.07, 6.45) is 43.3. The predicted molar refractivity (Wildman–Crippen MR) is 174 cm³/mol. The molecule has 6 aliphatic carbocycles. The minimum atomic E-state index is 0. The van der Waals surface area contributed by atoms with Gasteiger partial charge in [-0.1, -0.05) is 138 Å². The van der Waals surface area contributed by atoms with Gasteiger partial charge in [0.15, 0.2) is 0 Å². The number of rotatable bonds is 7. The van der Waals surface area contributed by atoms with Crippen LogP contribution in [0.2, 0.25) is 0 Å². The van der Waals surface area contributed by atoms with E-state index < -0.39 is 0 Å². The van der Waals surface area contributed by atoms with E-state index >= 15 is 0 Å². The van der Waals surface area contributed by atoms with Gasteiger partial charge in [0.1, 0.15) is 0 Å². The molecule has 0 aliphatic heterocycles. The average molecular weight is 615 g/mol. The van der Waals surface area contributed by atoms with Gasteiger partial charge in [0, 0.05) is 22.7 Å². The Kier molecular flexibility index (Phi) is 15.6. The van der Waals surface area contributed by atoms with E-state index in [1.165, 1.54) is 77.0 Å². The van der Waals surface area contributed by atoms with Crippen LogP contribution in [0.3, 0.4) is 0 Å². The summed E-state index contributed by atoms with van der Waals surface area (Å²) in [6, 6.07) is 0. The Morgan fingerprint density at radius 2 is 0.769 bits per heavy atom. The monoisotopic (exact) mass is 614 g/mol. The Morgan fingerprint density at radius 3 is 1.15 bits per heavy atom. The maximum Gasteiger partial charge on any atom is 0.00802 e. The van der Waals surface area contributed by atoms with Crippen molar-refractivity contribution in [2.24, 2.45) is 0 Å². The summed E-state index contributed by atoms with van der Waals surface area (Å²) in [5, 5.41) is 0. The van der Waals surface area contributed by atoms with Gasteiger partial charge in [-0.25, -0.2) is 0 Å². The molecule has 1 atom stereocenters. The van der Waals surface area contributed by atoms with E-state index in [0.29, 0.717) is 0 Å². The maximum atomic E-state index is 2.80. The molecule has 2 radical (unpaired) electrons. The van der Waals surface area contributed by atoms with E-state index in [1.54, 1.807) is 103 Å². The molecule has 39 heavy (non-hydrogen) atoms. The molecule has 0 spiro atoms. The van der Waals surface area contributed by atoms with Crippen LogP contribution >= 0.6 is 15.8 Å². The Balaban J connectivity index is 0.000000530. The quantitative estimate of drug-likeness (QED) is 0.198. The molecule has 0 aromatic carbocycles. The molecule has 0 unspecified atom stereocenters. The van der Waals surface area contributed by atoms with E-state index in [2.05, 4.69) is 18.5 Å². The largest absolute Gasteiger partial charge is 0.0968 e. The summed E-state index contributed by atoms with van der Waals surface area (Å²) in [4.78, 5) is 0. The minimum Gasteiger partial charge on any atom is -0.0968 e. The maximum absolute atomic E-state index is 2.80. The van der Waals surface area contributed by atoms with Crippen molar-refractivity contribution < 1.29 is 17.1 Å². The van der Waals surface area contributed by atoms with Gasteiger partial charge in [-0.2, -0.15) is 0 Å². The average Bonchev–Trinajstić information content (AvgIpc) is 3.72. The normalized spacial score (nSPS) is 28.4. The van der Waals surface area contributed by atoms with Crippen LogP contribution in [-0.4, -0.2) is 28.3 Å². The summed E-state index contributed by atoms with van der Waals surface area (Å²) in [6.45, 7) is 2.80. The summed E-state index contributed by atoms with van der Waals surface area (Å²) >= 11 is 0. The van der Waals surface area contributed by atoms with Crippen LogP contribution in [0.5, 0.6) is 0 Å². The second-order valence-electron chi connectivity index (χ2n) is 14.3. The fourth-order valence-electron chi connectivity index (χ4n) is 9.71. The van der Waals surface area contributed by atoms with Crippen LogP contribution in [-0.2, 0) is 17.1 Å². The van der Waals surface area contributed by atoms with Crippen molar-refractivity contribution in [1.29, 1.82) is 0 Å². The van der Waals surface area contributed by atoms with Gasteiger partial charge in [0.2, 0.25) is 0 Å². The van der Waals surface area contributed by atoms with Gasteiger partial charge in [-0.05, 0) is 98.4 Å². The van der Waals surface area contributed by atoms with Crippen molar-refractivity contribution in [3.05, 3.63) is 11.6 Å². The van der Waals surface area contributed by atoms with Crippen molar-refractivity contribution in [1.82, 2.24) is 0 Å². The standard InChI is InChI=1S/C31H54P2.C5H10.Fe/c1-25(32(26-15-6-2-7-16-26)27-17-8-3-9-18-27)30-23-14-24-31(30)33(28-19-10-4-11-20-28)29-21-12-5-13-22-29;1-2-4-5-3-1;/h25-29H,2-24H2,1H3;1-5H2;/t25-;;/m1../s1. The molecular weight excluding hydrogens is 550 g/mol. The Hall–Kier alpha value is 1.38. The van der Waals surface area contributed by atoms with E-state index in [0.717, 1.165) is 28.3 Å². The fraction of sp³-hybridized carbons (Fsp3) is 0.944. The smallest absolute Gasteiger partial charge is 0.00802 e. The molecule has 226 valence electrons. The first-order chi connectivity index (χ1) is 18.8. The zero-order valence-corrected chi connectivity index (χ0v) is 28.8. The van der Waals surface area contributed by atoms with Crippen LogP contribution < -0.4 is 0 Å². The van der Waals surface area contributed by atoms with Crippen LogP contribution in [0.25, 0.3) is 0 Å². The van der Waals surface area contributed by atoms with Gasteiger partial charge in [-0.3, -0.25) is 0 Å². The molecular formula is C36H64FeP2. The molecule has 0 saturated heterocycles. The predicted octanol–water partition coefficient (Wildman–Crippen LogP) is 12.9. The van der Waals surface area contributed by atoms with E-state index in [9.17, 15) is 0 Å². The topological polar surface area (TPSA) is 0 Å². The van der Waals surface area contributed by atoms with Crippen molar-refractivity contribution in [3.63, 3.8) is 0 Å². The van der Waals surface area contributed by atoms with Crippen molar-refractivity contribution in [3.8, 4) is 0 Å². The summed E-state index contributed by atoms with van der Waals surface area (Å²) in [5.74, 6) is 2.11. The Bertz CT molecular complexity index is 582. The third kappa shape index (κ3) is 9.43. The first-order valence-electron chi connectivity index (χ1n) is 18.1. The molecule has 6 aliphatic rings. The molecule has 6 saturated carbocycles. The first kappa shape index (κ1) is 33.3. The van der Waals surface area contributed by atoms with Crippen LogP contribution in [0.15, 0.2) is 0 Å². The summed E-state index contributed by atoms with van der Waals surface area (Å²) < 4.78 is 0. The van der Waals surface area contributed by atoms with Crippen LogP contribution in [0.4, 0.5) is 0 Å². The van der Waals surface area contributed by atoms with Crippen LogP contribution in [0, 0.1) is 11.6 Å². The SMILES string of the molecule is C1CCCC1.C[C@H]([C]1CCC[C]1P(C1CCCCC1)C1CCCCC1)P(C1CCCCC1)C1CCCCC1.[Fe]. The van der Waals surface area contributed by atoms with Crippen molar-refractivity contribution >= 4 is 15.8 Å². The van der Waals surface area contributed by atoms with E-state index in [4.69, 9.17) is 0 Å². The van der Waals surface area contributed by atoms with Crippen molar-refractivity contribution in [2.45, 2.75) is 215 Å². The third-order valence-corrected chi connectivity index (χ3v) is 19.3. The number of hydrogen-bond donors (Lipinski definition) is 0. The second kappa shape index (κ2) is 18.2. The van der Waals surface area contributed by atoms with Gasteiger partial charge in [-0.15, -0.1) is 0 Å². The zero-order chi connectivity index (χ0) is 26.0. The van der Waals surface area contributed by atoms with Gasteiger partial charge in [0.05, 0.1) is 0 Å². The summed E-state index contributed by atoms with van der Waals surface area (Å²) in [7, 11) is 0.357. The fourth-order valence-corrected chi connectivity index (χ4v) is 18.6. The molecule has 0 nitrogen and oxygen atoms in total. The summed E-state index contributed by atoms with van der Waals surface area (Å²) in [5.41, 5.74) is 7.61. The van der Waals surface area contributed by atoms with Gasteiger partial charge in [0.25, 0.3) is 0 Å². The molecule has 6 rings (SSSR count). The molecule has 0 aromatic rings. The zero-order valence-electron chi connectivity index (χ0n) is 25.9. The first-order valence-corrected chi connectivity index (χ1v) is 21.1. The third-order valence-electron chi connectivity index (χ3n) is 11.7. The molecule has 0 bridgehead atoms. The van der Waals surface area contributed by atoms with Crippen LogP contribution in [0.1, 0.15) is 187 Å². The molecule has 0 aromatic heterocycles. The van der Waals surface area contributed by atoms with Gasteiger partial charge < -0.3 is 0 Å². The second-order valence-corrected chi connectivity index (χ2v) is 20.2. The Morgan fingerprint density at radius 1 is 0.436 bits per heavy atom.